The van der Waals surface area contributed by atoms with Gasteiger partial charge in [0.25, 0.3) is 0 Å². The van der Waals surface area contributed by atoms with E-state index in [1.165, 1.54) is 16.5 Å². The van der Waals surface area contributed by atoms with Crippen LogP contribution in [0.25, 0.3) is 16.5 Å². The number of halogens is 1. The second kappa shape index (κ2) is 5.46. The Morgan fingerprint density at radius 3 is 2.88 bits per heavy atom. The fourth-order valence-corrected chi connectivity index (χ4v) is 2.09. The maximum atomic E-state index is 4.51. The molecule has 0 unspecified atom stereocenters. The molecule has 0 saturated heterocycles. The second-order valence-corrected chi connectivity index (χ2v) is 5.02. The first-order valence-corrected chi connectivity index (χ1v) is 6.93. The molecule has 1 nitrogen and oxygen atoms in total. The van der Waals surface area contributed by atoms with Crippen molar-refractivity contribution in [3.05, 3.63) is 47.7 Å². The lowest BCUT2D eigenvalue weighted by molar-refractivity contribution is 1.25. The van der Waals surface area contributed by atoms with Gasteiger partial charge in [-0.3, -0.25) is 4.98 Å². The summed E-state index contributed by atoms with van der Waals surface area (Å²) in [5.41, 5.74) is 4.75. The Morgan fingerprint density at radius 2 is 2.12 bits per heavy atom. The molecule has 2 aromatic rings. The van der Waals surface area contributed by atoms with Crippen LogP contribution < -0.4 is 0 Å². The number of alkyl halides is 1. The van der Waals surface area contributed by atoms with E-state index in [-0.39, 0.29) is 0 Å². The van der Waals surface area contributed by atoms with E-state index in [0.29, 0.717) is 0 Å². The van der Waals surface area contributed by atoms with Crippen molar-refractivity contribution in [2.45, 2.75) is 20.3 Å². The number of rotatable bonds is 3. The van der Waals surface area contributed by atoms with E-state index in [9.17, 15) is 0 Å². The highest BCUT2D eigenvalue weighted by molar-refractivity contribution is 9.09. The molecule has 0 radical (unpaired) electrons. The maximum Gasteiger partial charge on any atom is 0.0705 e. The van der Waals surface area contributed by atoms with Crippen molar-refractivity contribution in [3.63, 3.8) is 0 Å². The molecule has 0 fully saturated rings. The molecule has 0 aliphatic heterocycles. The number of nitrogens with zero attached hydrogens (tertiary/aromatic N) is 1. The van der Waals surface area contributed by atoms with E-state index in [4.69, 9.17) is 0 Å². The first-order valence-electron chi connectivity index (χ1n) is 5.81. The highest BCUT2D eigenvalue weighted by Crippen LogP contribution is 2.20. The van der Waals surface area contributed by atoms with Crippen LogP contribution in [0.2, 0.25) is 0 Å². The molecule has 0 spiro atoms. The van der Waals surface area contributed by atoms with Gasteiger partial charge in [-0.1, -0.05) is 34.1 Å². The third-order valence-corrected chi connectivity index (χ3v) is 3.30. The van der Waals surface area contributed by atoms with Gasteiger partial charge in [-0.25, -0.2) is 0 Å². The normalized spacial score (nSPS) is 12.1. The Bertz CT molecular complexity index is 558. The fraction of sp³-hybridized carbons (Fsp3) is 0.267. The fourth-order valence-electron chi connectivity index (χ4n) is 1.86. The molecule has 2 rings (SSSR count). The Hall–Kier alpha value is -1.15. The summed E-state index contributed by atoms with van der Waals surface area (Å²) in [5, 5.41) is 2.22. The molecule has 0 bridgehead atoms. The molecule has 0 amide bonds. The number of fused-ring (bicyclic) bond motifs is 1. The molecular weight excluding hydrogens is 274 g/mol. The van der Waals surface area contributed by atoms with Gasteiger partial charge in [0, 0.05) is 16.4 Å². The van der Waals surface area contributed by atoms with Crippen LogP contribution in [0.4, 0.5) is 0 Å². The minimum Gasteiger partial charge on any atom is -0.253 e. The lowest BCUT2D eigenvalue weighted by Gasteiger charge is -2.04. The van der Waals surface area contributed by atoms with E-state index in [1.807, 2.05) is 6.92 Å². The van der Waals surface area contributed by atoms with E-state index in [0.717, 1.165) is 23.0 Å². The molecule has 0 atom stereocenters. The summed E-state index contributed by atoms with van der Waals surface area (Å²) in [6.07, 6.45) is 3.33. The van der Waals surface area contributed by atoms with Gasteiger partial charge in [0.05, 0.1) is 5.52 Å². The highest BCUT2D eigenvalue weighted by atomic mass is 79.9. The topological polar surface area (TPSA) is 12.9 Å². The smallest absolute Gasteiger partial charge is 0.0705 e. The Balaban J connectivity index is 2.41. The summed E-state index contributed by atoms with van der Waals surface area (Å²) in [5.74, 6) is 0. The van der Waals surface area contributed by atoms with E-state index in [1.54, 1.807) is 0 Å². The molecule has 2 heteroatoms. The molecule has 17 heavy (non-hydrogen) atoms. The van der Waals surface area contributed by atoms with Crippen LogP contribution in [-0.4, -0.2) is 10.3 Å². The maximum absolute atomic E-state index is 4.51. The van der Waals surface area contributed by atoms with Crippen molar-refractivity contribution in [1.29, 1.82) is 0 Å². The van der Waals surface area contributed by atoms with Crippen molar-refractivity contribution in [1.82, 2.24) is 4.98 Å². The predicted molar refractivity (Wildman–Crippen MR) is 78.5 cm³/mol. The summed E-state index contributed by atoms with van der Waals surface area (Å²) in [6.45, 7) is 4.18. The zero-order valence-corrected chi connectivity index (χ0v) is 11.8. The van der Waals surface area contributed by atoms with Crippen molar-refractivity contribution >= 4 is 32.4 Å². The minimum absolute atomic E-state index is 1.01. The van der Waals surface area contributed by atoms with Gasteiger partial charge in [0.15, 0.2) is 0 Å². The summed E-state index contributed by atoms with van der Waals surface area (Å²) < 4.78 is 0. The van der Waals surface area contributed by atoms with Gasteiger partial charge in [-0.2, -0.15) is 0 Å². The van der Waals surface area contributed by atoms with E-state index < -0.39 is 0 Å². The number of hydrogen-bond donors (Lipinski definition) is 0. The summed E-state index contributed by atoms with van der Waals surface area (Å²) in [7, 11) is 0. The van der Waals surface area contributed by atoms with Crippen LogP contribution in [0, 0.1) is 6.92 Å². The molecule has 88 valence electrons. The van der Waals surface area contributed by atoms with Crippen molar-refractivity contribution in [2.24, 2.45) is 0 Å². The van der Waals surface area contributed by atoms with Gasteiger partial charge in [0.2, 0.25) is 0 Å². The first kappa shape index (κ1) is 12.3. The summed E-state index contributed by atoms with van der Waals surface area (Å²) in [4.78, 5) is 4.51. The number of hydrogen-bond acceptors (Lipinski definition) is 1. The van der Waals surface area contributed by atoms with Crippen LogP contribution in [0.1, 0.15) is 24.6 Å². The summed E-state index contributed by atoms with van der Waals surface area (Å²) in [6, 6.07) is 10.7. The Morgan fingerprint density at radius 1 is 1.29 bits per heavy atom. The van der Waals surface area contributed by atoms with Crippen LogP contribution in [0.5, 0.6) is 0 Å². The molecule has 0 aliphatic rings. The first-order chi connectivity index (χ1) is 8.20. The van der Waals surface area contributed by atoms with Crippen LogP contribution in [-0.2, 0) is 0 Å². The SMILES string of the molecule is C/C(=C/CCBr)c1ccc2nc(C)ccc2c1. The molecule has 0 N–H and O–H groups in total. The standard InChI is InChI=1S/C15H16BrN/c1-11(4-3-9-16)13-7-8-15-14(10-13)6-5-12(2)17-15/h4-8,10H,3,9H2,1-2H3/b11-4-. The zero-order chi connectivity index (χ0) is 12.3. The lowest BCUT2D eigenvalue weighted by Crippen LogP contribution is -1.86. The van der Waals surface area contributed by atoms with Crippen LogP contribution in [0.15, 0.2) is 36.4 Å². The lowest BCUT2D eigenvalue weighted by atomic mass is 10.0. The van der Waals surface area contributed by atoms with Gasteiger partial charge in [-0.05, 0) is 49.6 Å². The van der Waals surface area contributed by atoms with Gasteiger partial charge in [-0.15, -0.1) is 0 Å². The predicted octanol–water partition coefficient (Wildman–Crippen LogP) is 4.73. The average Bonchev–Trinajstić information content (AvgIpc) is 2.35. The van der Waals surface area contributed by atoms with Gasteiger partial charge in [0.1, 0.15) is 0 Å². The average molecular weight is 290 g/mol. The highest BCUT2D eigenvalue weighted by Gasteiger charge is 1.99. The van der Waals surface area contributed by atoms with Gasteiger partial charge < -0.3 is 0 Å². The number of aromatic nitrogens is 1. The van der Waals surface area contributed by atoms with E-state index >= 15 is 0 Å². The van der Waals surface area contributed by atoms with Gasteiger partial charge >= 0.3 is 0 Å². The van der Waals surface area contributed by atoms with Crippen LogP contribution in [0.3, 0.4) is 0 Å². The zero-order valence-electron chi connectivity index (χ0n) is 10.2. The molecule has 1 aromatic carbocycles. The third-order valence-electron chi connectivity index (χ3n) is 2.84. The molecule has 1 aromatic heterocycles. The van der Waals surface area contributed by atoms with Crippen LogP contribution >= 0.6 is 15.9 Å². The number of aryl methyl sites for hydroxylation is 1. The van der Waals surface area contributed by atoms with Crippen molar-refractivity contribution in [2.75, 3.05) is 5.33 Å². The summed E-state index contributed by atoms with van der Waals surface area (Å²) >= 11 is 3.44. The number of allylic oxidation sites excluding steroid dienone is 2. The molecular formula is C15H16BrN. The quantitative estimate of drug-likeness (QED) is 0.745. The second-order valence-electron chi connectivity index (χ2n) is 4.22. The number of benzene rings is 1. The van der Waals surface area contributed by atoms with Crippen molar-refractivity contribution in [3.8, 4) is 0 Å². The minimum atomic E-state index is 1.01. The molecule has 0 aliphatic carbocycles. The largest absolute Gasteiger partial charge is 0.253 e. The Labute approximate surface area is 111 Å². The van der Waals surface area contributed by atoms with E-state index in [2.05, 4.69) is 64.2 Å². The monoisotopic (exact) mass is 289 g/mol. The molecule has 0 saturated carbocycles. The third kappa shape index (κ3) is 2.95. The number of pyridine rings is 1. The van der Waals surface area contributed by atoms with Crippen molar-refractivity contribution < 1.29 is 0 Å². The molecule has 1 heterocycles. The Kier molecular flexibility index (Phi) is 3.95.